The number of amides is 1. The average molecular weight is 267 g/mol. The van der Waals surface area contributed by atoms with Crippen LogP contribution < -0.4 is 0 Å². The Hall–Kier alpha value is -1.06. The summed E-state index contributed by atoms with van der Waals surface area (Å²) in [6.07, 6.45) is 5.80. The van der Waals surface area contributed by atoms with Crippen LogP contribution in [0.5, 0.6) is 0 Å². The first-order valence-electron chi connectivity index (χ1n) is 7.41. The first-order valence-corrected chi connectivity index (χ1v) is 7.41. The molecule has 0 heterocycles. The minimum absolute atomic E-state index is 0.0764. The van der Waals surface area contributed by atoms with E-state index in [-0.39, 0.29) is 18.2 Å². The minimum atomic E-state index is -0.823. The SMILES string of the molecule is CC(CC(=O)O)CC(=O)N(C)CC1CC2CCC1C2. The molecule has 2 bridgehead atoms. The van der Waals surface area contributed by atoms with Gasteiger partial charge in [-0.15, -0.1) is 0 Å². The Kier molecular flexibility index (Phi) is 4.48. The Labute approximate surface area is 115 Å². The molecule has 1 N–H and O–H groups in total. The second-order valence-corrected chi connectivity index (χ2v) is 6.62. The molecule has 0 saturated heterocycles. The zero-order valence-electron chi connectivity index (χ0n) is 12.0. The molecule has 0 spiro atoms. The molecule has 108 valence electrons. The highest BCUT2D eigenvalue weighted by Crippen LogP contribution is 2.48. The second kappa shape index (κ2) is 5.93. The lowest BCUT2D eigenvalue weighted by Crippen LogP contribution is -2.34. The van der Waals surface area contributed by atoms with Crippen LogP contribution in [0.1, 0.15) is 45.4 Å². The minimum Gasteiger partial charge on any atom is -0.481 e. The molecule has 2 aliphatic rings. The van der Waals surface area contributed by atoms with Crippen molar-refractivity contribution in [2.75, 3.05) is 13.6 Å². The summed E-state index contributed by atoms with van der Waals surface area (Å²) in [7, 11) is 1.86. The molecule has 0 aromatic heterocycles. The number of rotatable bonds is 6. The Morgan fingerprint density at radius 1 is 1.26 bits per heavy atom. The summed E-state index contributed by atoms with van der Waals surface area (Å²) in [4.78, 5) is 24.5. The van der Waals surface area contributed by atoms with Gasteiger partial charge in [0.05, 0.1) is 0 Å². The van der Waals surface area contributed by atoms with Crippen LogP contribution in [0.2, 0.25) is 0 Å². The summed E-state index contributed by atoms with van der Waals surface area (Å²) in [5.41, 5.74) is 0. The van der Waals surface area contributed by atoms with Crippen LogP contribution in [0.15, 0.2) is 0 Å². The Morgan fingerprint density at radius 2 is 2.00 bits per heavy atom. The van der Waals surface area contributed by atoms with E-state index in [1.807, 2.05) is 18.9 Å². The van der Waals surface area contributed by atoms with Crippen molar-refractivity contribution in [2.45, 2.75) is 45.4 Å². The Bertz CT molecular complexity index is 355. The van der Waals surface area contributed by atoms with Crippen LogP contribution in [-0.4, -0.2) is 35.5 Å². The lowest BCUT2D eigenvalue weighted by Gasteiger charge is -2.27. The lowest BCUT2D eigenvalue weighted by molar-refractivity contribution is -0.138. The molecule has 2 rings (SSSR count). The van der Waals surface area contributed by atoms with E-state index in [4.69, 9.17) is 5.11 Å². The molecule has 2 saturated carbocycles. The zero-order chi connectivity index (χ0) is 14.0. The summed E-state index contributed by atoms with van der Waals surface area (Å²) < 4.78 is 0. The molecule has 2 fully saturated rings. The maximum Gasteiger partial charge on any atom is 0.303 e. The first-order chi connectivity index (χ1) is 8.95. The van der Waals surface area contributed by atoms with Crippen LogP contribution in [-0.2, 0) is 9.59 Å². The van der Waals surface area contributed by atoms with Crippen LogP contribution in [0, 0.1) is 23.7 Å². The fraction of sp³-hybridized carbons (Fsp3) is 0.867. The van der Waals surface area contributed by atoms with E-state index in [2.05, 4.69) is 0 Å². The smallest absolute Gasteiger partial charge is 0.303 e. The van der Waals surface area contributed by atoms with E-state index in [0.717, 1.165) is 18.4 Å². The molecule has 4 unspecified atom stereocenters. The van der Waals surface area contributed by atoms with Crippen LogP contribution >= 0.6 is 0 Å². The van der Waals surface area contributed by atoms with Gasteiger partial charge in [-0.1, -0.05) is 13.3 Å². The highest BCUT2D eigenvalue weighted by molar-refractivity contribution is 5.77. The number of aliphatic carboxylic acids is 1. The van der Waals surface area contributed by atoms with Gasteiger partial charge in [-0.25, -0.2) is 0 Å². The molecule has 0 aromatic carbocycles. The van der Waals surface area contributed by atoms with E-state index >= 15 is 0 Å². The fourth-order valence-electron chi connectivity index (χ4n) is 3.88. The summed E-state index contributed by atoms with van der Waals surface area (Å²) in [6, 6.07) is 0. The number of carboxylic acids is 1. The molecule has 2 aliphatic carbocycles. The molecule has 4 heteroatoms. The van der Waals surface area contributed by atoms with Gasteiger partial charge in [-0.05, 0) is 42.9 Å². The van der Waals surface area contributed by atoms with E-state index in [9.17, 15) is 9.59 Å². The summed E-state index contributed by atoms with van der Waals surface area (Å²) in [5.74, 6) is 1.61. The molecular weight excluding hydrogens is 242 g/mol. The quantitative estimate of drug-likeness (QED) is 0.804. The van der Waals surface area contributed by atoms with Gasteiger partial charge in [0.15, 0.2) is 0 Å². The van der Waals surface area contributed by atoms with Crippen molar-refractivity contribution in [3.05, 3.63) is 0 Å². The number of hydrogen-bond acceptors (Lipinski definition) is 2. The van der Waals surface area contributed by atoms with E-state index in [1.165, 1.54) is 25.7 Å². The summed E-state index contributed by atoms with van der Waals surface area (Å²) in [5, 5.41) is 8.71. The van der Waals surface area contributed by atoms with Gasteiger partial charge in [0.2, 0.25) is 5.91 Å². The standard InChI is InChI=1S/C15H25NO3/c1-10(6-15(18)19)5-14(17)16(2)9-13-8-11-3-4-12(13)7-11/h10-13H,3-9H2,1-2H3,(H,18,19). The topological polar surface area (TPSA) is 57.6 Å². The molecule has 19 heavy (non-hydrogen) atoms. The summed E-state index contributed by atoms with van der Waals surface area (Å²) in [6.45, 7) is 2.69. The van der Waals surface area contributed by atoms with Crippen molar-refractivity contribution < 1.29 is 14.7 Å². The third-order valence-electron chi connectivity index (χ3n) is 4.86. The van der Waals surface area contributed by atoms with Gasteiger partial charge in [0.25, 0.3) is 0 Å². The van der Waals surface area contributed by atoms with Gasteiger partial charge in [-0.3, -0.25) is 9.59 Å². The van der Waals surface area contributed by atoms with E-state index in [1.54, 1.807) is 0 Å². The monoisotopic (exact) mass is 267 g/mol. The third kappa shape index (κ3) is 3.71. The summed E-state index contributed by atoms with van der Waals surface area (Å²) >= 11 is 0. The molecule has 0 aliphatic heterocycles. The third-order valence-corrected chi connectivity index (χ3v) is 4.86. The van der Waals surface area contributed by atoms with E-state index < -0.39 is 5.97 Å². The number of carbonyl (C=O) groups is 2. The Morgan fingerprint density at radius 3 is 2.53 bits per heavy atom. The predicted molar refractivity (Wildman–Crippen MR) is 72.6 cm³/mol. The molecule has 0 radical (unpaired) electrons. The zero-order valence-corrected chi connectivity index (χ0v) is 12.0. The first kappa shape index (κ1) is 14.4. The highest BCUT2D eigenvalue weighted by Gasteiger charge is 2.40. The van der Waals surface area contributed by atoms with Crippen LogP contribution in [0.4, 0.5) is 0 Å². The Balaban J connectivity index is 1.74. The maximum absolute atomic E-state index is 12.1. The van der Waals surface area contributed by atoms with Crippen LogP contribution in [0.3, 0.4) is 0 Å². The van der Waals surface area contributed by atoms with Crippen LogP contribution in [0.25, 0.3) is 0 Å². The van der Waals surface area contributed by atoms with Gasteiger partial charge >= 0.3 is 5.97 Å². The number of carbonyl (C=O) groups excluding carboxylic acids is 1. The number of fused-ring (bicyclic) bond motifs is 2. The fourth-order valence-corrected chi connectivity index (χ4v) is 3.88. The molecule has 1 amide bonds. The van der Waals surface area contributed by atoms with Gasteiger partial charge in [0, 0.05) is 26.4 Å². The van der Waals surface area contributed by atoms with E-state index in [0.29, 0.717) is 12.3 Å². The second-order valence-electron chi connectivity index (χ2n) is 6.62. The van der Waals surface area contributed by atoms with Gasteiger partial charge in [-0.2, -0.15) is 0 Å². The van der Waals surface area contributed by atoms with Crippen molar-refractivity contribution >= 4 is 11.9 Å². The van der Waals surface area contributed by atoms with Crippen molar-refractivity contribution in [1.82, 2.24) is 4.90 Å². The predicted octanol–water partition coefficient (Wildman–Crippen LogP) is 2.38. The highest BCUT2D eigenvalue weighted by atomic mass is 16.4. The normalized spacial score (nSPS) is 30.3. The van der Waals surface area contributed by atoms with Gasteiger partial charge in [0.1, 0.15) is 0 Å². The largest absolute Gasteiger partial charge is 0.481 e. The molecule has 0 aromatic rings. The van der Waals surface area contributed by atoms with Crippen molar-refractivity contribution in [3.63, 3.8) is 0 Å². The molecule has 4 nitrogen and oxygen atoms in total. The van der Waals surface area contributed by atoms with Crippen molar-refractivity contribution in [1.29, 1.82) is 0 Å². The van der Waals surface area contributed by atoms with Gasteiger partial charge < -0.3 is 10.0 Å². The van der Waals surface area contributed by atoms with Crippen molar-refractivity contribution in [3.8, 4) is 0 Å². The number of carboxylic acid groups (broad SMARTS) is 1. The number of nitrogens with zero attached hydrogens (tertiary/aromatic N) is 1. The molecule has 4 atom stereocenters. The van der Waals surface area contributed by atoms with Crippen molar-refractivity contribution in [2.24, 2.45) is 23.7 Å². The average Bonchev–Trinajstić information content (AvgIpc) is 2.89. The lowest BCUT2D eigenvalue weighted by atomic mass is 9.88. The molecular formula is C15H25NO3. The number of hydrogen-bond donors (Lipinski definition) is 1. The maximum atomic E-state index is 12.1.